The van der Waals surface area contributed by atoms with E-state index in [-0.39, 0.29) is 11.6 Å². The second kappa shape index (κ2) is 11.5. The van der Waals surface area contributed by atoms with E-state index in [1.165, 1.54) is 25.5 Å². The third kappa shape index (κ3) is 7.81. The van der Waals surface area contributed by atoms with Gasteiger partial charge in [-0.25, -0.2) is 15.1 Å². The number of unbranched alkanes of at least 4 members (excludes halogenated alkanes) is 4. The highest BCUT2D eigenvalue weighted by Crippen LogP contribution is 2.11. The van der Waals surface area contributed by atoms with Crippen molar-refractivity contribution < 1.29 is 4.79 Å². The number of aromatic nitrogens is 1. The van der Waals surface area contributed by atoms with Crippen molar-refractivity contribution in [1.29, 1.82) is 5.26 Å². The van der Waals surface area contributed by atoms with E-state index < -0.39 is 0 Å². The average molecular weight is 326 g/mol. The third-order valence-electron chi connectivity index (χ3n) is 3.20. The van der Waals surface area contributed by atoms with E-state index in [2.05, 4.69) is 32.9 Å². The summed E-state index contributed by atoms with van der Waals surface area (Å²) in [6.45, 7) is 8.89. The van der Waals surface area contributed by atoms with Gasteiger partial charge < -0.3 is 10.7 Å². The number of allylic oxidation sites excluding steroid dienone is 1. The molecule has 0 aliphatic rings. The van der Waals surface area contributed by atoms with Crippen molar-refractivity contribution in [3.8, 4) is 6.07 Å². The predicted octanol–water partition coefficient (Wildman–Crippen LogP) is 3.58. The van der Waals surface area contributed by atoms with Crippen molar-refractivity contribution >= 4 is 17.4 Å². The molecule has 0 aliphatic carbocycles. The van der Waals surface area contributed by atoms with Crippen molar-refractivity contribution in [2.24, 2.45) is 0 Å². The maximum atomic E-state index is 11.8. The largest absolute Gasteiger partial charge is 0.325 e. The van der Waals surface area contributed by atoms with Crippen LogP contribution in [0.4, 0.5) is 11.5 Å². The summed E-state index contributed by atoms with van der Waals surface area (Å²) >= 11 is 0. The highest BCUT2D eigenvalue weighted by atomic mass is 16.1. The monoisotopic (exact) mass is 326 g/mol. The van der Waals surface area contributed by atoms with E-state index in [1.807, 2.05) is 0 Å². The summed E-state index contributed by atoms with van der Waals surface area (Å²) < 4.78 is 0. The highest BCUT2D eigenvalue weighted by molar-refractivity contribution is 5.90. The molecule has 1 aromatic heterocycles. The van der Waals surface area contributed by atoms with Crippen molar-refractivity contribution in [2.75, 3.05) is 10.7 Å². The summed E-state index contributed by atoms with van der Waals surface area (Å²) in [6.07, 6.45) is 8.88. The summed E-state index contributed by atoms with van der Waals surface area (Å²) in [5.41, 5.74) is 5.91. The number of hydrazine groups is 1. The second-order valence-corrected chi connectivity index (χ2v) is 5.17. The molecule has 0 aromatic carbocycles. The average Bonchev–Trinajstić information content (AvgIpc) is 2.60. The van der Waals surface area contributed by atoms with Gasteiger partial charge in [0.05, 0.1) is 24.5 Å². The molecule has 0 aliphatic heterocycles. The van der Waals surface area contributed by atoms with Crippen LogP contribution in [0.1, 0.15) is 45.4 Å². The molecule has 7 heteroatoms. The molecule has 7 nitrogen and oxygen atoms in total. The summed E-state index contributed by atoms with van der Waals surface area (Å²) in [7, 11) is 0. The van der Waals surface area contributed by atoms with Crippen molar-refractivity contribution in [3.05, 3.63) is 41.6 Å². The Morgan fingerprint density at radius 1 is 1.38 bits per heavy atom. The lowest BCUT2D eigenvalue weighted by molar-refractivity contribution is -0.116. The first kappa shape index (κ1) is 19.0. The van der Waals surface area contributed by atoms with Crippen molar-refractivity contribution in [3.63, 3.8) is 0 Å². The first-order valence-electron chi connectivity index (χ1n) is 7.94. The molecule has 0 atom stereocenters. The Bertz CT molecular complexity index is 608. The number of hydrogen-bond acceptors (Lipinski definition) is 5. The number of amides is 1. The number of pyridine rings is 1. The number of anilines is 2. The summed E-state index contributed by atoms with van der Waals surface area (Å²) in [5.74, 6) is 0.497. The van der Waals surface area contributed by atoms with Crippen LogP contribution in [0.3, 0.4) is 0 Å². The van der Waals surface area contributed by atoms with E-state index >= 15 is 0 Å². The molecule has 0 saturated carbocycles. The predicted molar refractivity (Wildman–Crippen MR) is 93.3 cm³/mol. The van der Waals surface area contributed by atoms with E-state index in [0.29, 0.717) is 17.9 Å². The van der Waals surface area contributed by atoms with Crippen LogP contribution in [0, 0.1) is 17.9 Å². The number of carbonyl (C=O) groups is 1. The van der Waals surface area contributed by atoms with Gasteiger partial charge in [-0.05, 0) is 18.6 Å². The molecule has 126 valence electrons. The van der Waals surface area contributed by atoms with Gasteiger partial charge in [-0.2, -0.15) is 0 Å². The zero-order chi connectivity index (χ0) is 17.6. The number of nitriles is 1. The normalized spacial score (nSPS) is 10.4. The Labute approximate surface area is 142 Å². The lowest BCUT2D eigenvalue weighted by Crippen LogP contribution is -2.16. The van der Waals surface area contributed by atoms with E-state index in [0.717, 1.165) is 12.8 Å². The second-order valence-electron chi connectivity index (χ2n) is 5.17. The molecule has 1 rings (SSSR count). The van der Waals surface area contributed by atoms with Gasteiger partial charge in [-0.3, -0.25) is 10.2 Å². The zero-order valence-electron chi connectivity index (χ0n) is 13.8. The van der Waals surface area contributed by atoms with Gasteiger partial charge in [0.25, 0.3) is 5.70 Å². The quantitative estimate of drug-likeness (QED) is 0.264. The highest BCUT2D eigenvalue weighted by Gasteiger charge is 2.03. The van der Waals surface area contributed by atoms with E-state index in [9.17, 15) is 4.79 Å². The van der Waals surface area contributed by atoms with Crippen LogP contribution >= 0.6 is 0 Å². The Kier molecular flexibility index (Phi) is 9.10. The van der Waals surface area contributed by atoms with E-state index in [4.69, 9.17) is 11.8 Å². The van der Waals surface area contributed by atoms with Crippen LogP contribution in [-0.4, -0.2) is 10.9 Å². The molecule has 1 aromatic rings. The Balaban J connectivity index is 2.34. The molecular weight excluding hydrogens is 304 g/mol. The molecule has 0 radical (unpaired) electrons. The van der Waals surface area contributed by atoms with Crippen LogP contribution in [0.25, 0.3) is 4.85 Å². The maximum Gasteiger partial charge on any atom is 0.278 e. The third-order valence-corrected chi connectivity index (χ3v) is 3.20. The van der Waals surface area contributed by atoms with Gasteiger partial charge in [-0.15, -0.1) is 0 Å². The standard InChI is InChI=1S/C17H22N6O/c1-3-4-5-6-7-8-17(24)22-14-9-10-16(20-12-14)23-21-13-15(11-18)19-2/h9-10,12-13,21H,3-8H2,1H3,(H,20,23)(H,22,24)/b15-13-. The van der Waals surface area contributed by atoms with Crippen LogP contribution < -0.4 is 16.2 Å². The minimum Gasteiger partial charge on any atom is -0.325 e. The van der Waals surface area contributed by atoms with Crippen molar-refractivity contribution in [2.45, 2.75) is 45.4 Å². The molecule has 0 fully saturated rings. The minimum atomic E-state index is -0.0645. The SMILES string of the molecule is [C-]#[N+]/C(C#N)=C\NNc1ccc(NC(=O)CCCCCCC)cn1. The number of hydrogen-bond donors (Lipinski definition) is 3. The molecule has 3 N–H and O–H groups in total. The minimum absolute atomic E-state index is 0.00853. The number of carbonyl (C=O) groups excluding carboxylic acids is 1. The smallest absolute Gasteiger partial charge is 0.278 e. The molecule has 0 spiro atoms. The Morgan fingerprint density at radius 3 is 2.79 bits per heavy atom. The fourth-order valence-corrected chi connectivity index (χ4v) is 1.92. The summed E-state index contributed by atoms with van der Waals surface area (Å²) in [5, 5.41) is 11.4. The van der Waals surface area contributed by atoms with Crippen LogP contribution in [-0.2, 0) is 4.79 Å². The Morgan fingerprint density at radius 2 is 2.17 bits per heavy atom. The van der Waals surface area contributed by atoms with Crippen molar-refractivity contribution in [1.82, 2.24) is 10.4 Å². The van der Waals surface area contributed by atoms with Gasteiger partial charge in [0.1, 0.15) is 5.82 Å². The molecular formula is C17H22N6O. The molecule has 24 heavy (non-hydrogen) atoms. The fourth-order valence-electron chi connectivity index (χ4n) is 1.92. The number of rotatable bonds is 10. The van der Waals surface area contributed by atoms with E-state index in [1.54, 1.807) is 24.4 Å². The van der Waals surface area contributed by atoms with Gasteiger partial charge in [0, 0.05) is 12.6 Å². The maximum absolute atomic E-state index is 11.8. The lowest BCUT2D eigenvalue weighted by atomic mass is 10.1. The lowest BCUT2D eigenvalue weighted by Gasteiger charge is -2.07. The zero-order valence-corrected chi connectivity index (χ0v) is 13.8. The van der Waals surface area contributed by atoms with Crippen LogP contribution in [0.2, 0.25) is 0 Å². The Hall–Kier alpha value is -3.06. The van der Waals surface area contributed by atoms with Crippen LogP contribution in [0.15, 0.2) is 30.2 Å². The topological polar surface area (TPSA) is 94.2 Å². The van der Waals surface area contributed by atoms with Crippen LogP contribution in [0.5, 0.6) is 0 Å². The summed E-state index contributed by atoms with van der Waals surface area (Å²) in [4.78, 5) is 18.9. The molecule has 0 bridgehead atoms. The van der Waals surface area contributed by atoms with Gasteiger partial charge in [-0.1, -0.05) is 32.6 Å². The first-order valence-corrected chi connectivity index (χ1v) is 7.94. The van der Waals surface area contributed by atoms with Gasteiger partial charge in [0.15, 0.2) is 0 Å². The summed E-state index contributed by atoms with van der Waals surface area (Å²) in [6, 6.07) is 5.15. The first-order chi connectivity index (χ1) is 11.7. The molecule has 0 unspecified atom stereocenters. The number of nitrogens with zero attached hydrogens (tertiary/aromatic N) is 3. The van der Waals surface area contributed by atoms with Gasteiger partial charge >= 0.3 is 0 Å². The number of nitrogens with one attached hydrogen (secondary N) is 3. The molecule has 1 amide bonds. The molecule has 1 heterocycles. The fraction of sp³-hybridized carbons (Fsp3) is 0.412. The van der Waals surface area contributed by atoms with Gasteiger partial charge in [0.2, 0.25) is 5.91 Å². The molecule has 0 saturated heterocycles.